The molecule has 0 saturated carbocycles. The molecular weight excluding hydrogens is 299 g/mol. The van der Waals surface area contributed by atoms with Crippen LogP contribution in [0.5, 0.6) is 5.75 Å². The molecular formula is C14H12Cl2N2O2. The number of benzene rings is 1. The molecule has 4 nitrogen and oxygen atoms in total. The van der Waals surface area contributed by atoms with Crippen LogP contribution >= 0.6 is 23.2 Å². The Bertz CT molecular complexity index is 618. The lowest BCUT2D eigenvalue weighted by Gasteiger charge is -2.12. The molecule has 20 heavy (non-hydrogen) atoms. The second-order valence-electron chi connectivity index (χ2n) is 4.06. The first-order chi connectivity index (χ1) is 9.58. The fraction of sp³-hybridized carbons (Fsp3) is 0.143. The van der Waals surface area contributed by atoms with E-state index in [0.717, 1.165) is 5.56 Å². The van der Waals surface area contributed by atoms with Crippen molar-refractivity contribution in [2.75, 3.05) is 5.32 Å². The van der Waals surface area contributed by atoms with E-state index in [0.29, 0.717) is 18.0 Å². The summed E-state index contributed by atoms with van der Waals surface area (Å²) in [6.07, 6.45) is 3.38. The summed E-state index contributed by atoms with van der Waals surface area (Å²) >= 11 is 12.2. The number of carbonyl (C=O) groups is 1. The Morgan fingerprint density at radius 2 is 1.90 bits per heavy atom. The monoisotopic (exact) mass is 310 g/mol. The highest BCUT2D eigenvalue weighted by atomic mass is 35.5. The standard InChI is InChI=1S/C14H12Cl2N2O2/c1-9(19)18-11-2-3-12(14(16)13(11)15)20-8-10-4-6-17-7-5-10/h2-7H,8H2,1H3,(H,18,19). The Balaban J connectivity index is 2.13. The number of hydrogen-bond acceptors (Lipinski definition) is 3. The van der Waals surface area contributed by atoms with Crippen molar-refractivity contribution in [2.24, 2.45) is 0 Å². The van der Waals surface area contributed by atoms with Crippen LogP contribution in [0.1, 0.15) is 12.5 Å². The molecule has 0 atom stereocenters. The van der Waals surface area contributed by atoms with Gasteiger partial charge in [-0.05, 0) is 29.8 Å². The number of nitrogens with one attached hydrogen (secondary N) is 1. The smallest absolute Gasteiger partial charge is 0.221 e. The number of anilines is 1. The molecule has 1 N–H and O–H groups in total. The number of carbonyl (C=O) groups excluding carboxylic acids is 1. The number of pyridine rings is 1. The maximum absolute atomic E-state index is 11.0. The average molecular weight is 311 g/mol. The summed E-state index contributed by atoms with van der Waals surface area (Å²) < 4.78 is 5.61. The SMILES string of the molecule is CC(=O)Nc1ccc(OCc2ccncc2)c(Cl)c1Cl. The minimum absolute atomic E-state index is 0.214. The van der Waals surface area contributed by atoms with Gasteiger partial charge in [0.05, 0.1) is 10.7 Å². The fourth-order valence-corrected chi connectivity index (χ4v) is 1.99. The molecule has 1 aromatic carbocycles. The van der Waals surface area contributed by atoms with E-state index in [1.807, 2.05) is 12.1 Å². The van der Waals surface area contributed by atoms with Gasteiger partial charge < -0.3 is 10.1 Å². The van der Waals surface area contributed by atoms with Crippen LogP contribution in [0.2, 0.25) is 10.0 Å². The van der Waals surface area contributed by atoms with Crippen LogP contribution in [0.25, 0.3) is 0 Å². The Morgan fingerprint density at radius 1 is 1.20 bits per heavy atom. The second kappa shape index (κ2) is 6.59. The molecule has 0 aliphatic carbocycles. The summed E-state index contributed by atoms with van der Waals surface area (Å²) in [4.78, 5) is 15.0. The van der Waals surface area contributed by atoms with Crippen molar-refractivity contribution >= 4 is 34.8 Å². The summed E-state index contributed by atoms with van der Waals surface area (Å²) in [5.74, 6) is 0.246. The van der Waals surface area contributed by atoms with Gasteiger partial charge in [0.1, 0.15) is 17.4 Å². The number of aromatic nitrogens is 1. The van der Waals surface area contributed by atoms with Gasteiger partial charge >= 0.3 is 0 Å². The molecule has 0 unspecified atom stereocenters. The van der Waals surface area contributed by atoms with E-state index in [1.165, 1.54) is 6.92 Å². The third-order valence-corrected chi connectivity index (χ3v) is 3.37. The highest BCUT2D eigenvalue weighted by Crippen LogP contribution is 2.37. The van der Waals surface area contributed by atoms with Gasteiger partial charge in [-0.15, -0.1) is 0 Å². The van der Waals surface area contributed by atoms with Gasteiger partial charge in [-0.1, -0.05) is 23.2 Å². The van der Waals surface area contributed by atoms with Crippen molar-refractivity contribution in [3.63, 3.8) is 0 Å². The van der Waals surface area contributed by atoms with Crippen LogP contribution in [-0.4, -0.2) is 10.9 Å². The van der Waals surface area contributed by atoms with Crippen molar-refractivity contribution in [3.05, 3.63) is 52.3 Å². The highest BCUT2D eigenvalue weighted by Gasteiger charge is 2.12. The van der Waals surface area contributed by atoms with Gasteiger partial charge in [0.15, 0.2) is 0 Å². The number of hydrogen-bond donors (Lipinski definition) is 1. The molecule has 0 aliphatic rings. The van der Waals surface area contributed by atoms with E-state index in [1.54, 1.807) is 24.5 Å². The molecule has 1 amide bonds. The topological polar surface area (TPSA) is 51.2 Å². The zero-order chi connectivity index (χ0) is 14.5. The van der Waals surface area contributed by atoms with E-state index in [9.17, 15) is 4.79 Å². The molecule has 0 radical (unpaired) electrons. The quantitative estimate of drug-likeness (QED) is 0.931. The molecule has 2 rings (SSSR count). The van der Waals surface area contributed by atoms with Gasteiger partial charge in [0, 0.05) is 19.3 Å². The average Bonchev–Trinajstić information content (AvgIpc) is 2.44. The fourth-order valence-electron chi connectivity index (χ4n) is 1.57. The first-order valence-corrected chi connectivity index (χ1v) is 6.61. The molecule has 0 bridgehead atoms. The third kappa shape index (κ3) is 3.62. The Labute approximate surface area is 126 Å². The Kier molecular flexibility index (Phi) is 4.82. The minimum atomic E-state index is -0.214. The normalized spacial score (nSPS) is 10.2. The van der Waals surface area contributed by atoms with Crippen LogP contribution in [0, 0.1) is 0 Å². The summed E-state index contributed by atoms with van der Waals surface area (Å²) in [5.41, 5.74) is 1.43. The number of amides is 1. The summed E-state index contributed by atoms with van der Waals surface area (Å²) in [7, 11) is 0. The lowest BCUT2D eigenvalue weighted by Crippen LogP contribution is -2.06. The van der Waals surface area contributed by atoms with Crippen molar-refractivity contribution in [2.45, 2.75) is 13.5 Å². The summed E-state index contributed by atoms with van der Waals surface area (Å²) in [6.45, 7) is 1.76. The maximum atomic E-state index is 11.0. The van der Waals surface area contributed by atoms with Crippen LogP contribution < -0.4 is 10.1 Å². The molecule has 0 aliphatic heterocycles. The first-order valence-electron chi connectivity index (χ1n) is 5.85. The molecule has 1 heterocycles. The number of halogens is 2. The first kappa shape index (κ1) is 14.6. The molecule has 1 aromatic heterocycles. The molecule has 0 saturated heterocycles. The van der Waals surface area contributed by atoms with Gasteiger partial charge in [-0.2, -0.15) is 0 Å². The van der Waals surface area contributed by atoms with Gasteiger partial charge in [0.25, 0.3) is 0 Å². The lowest BCUT2D eigenvalue weighted by atomic mass is 10.2. The van der Waals surface area contributed by atoms with Crippen LogP contribution in [0.15, 0.2) is 36.7 Å². The van der Waals surface area contributed by atoms with Gasteiger partial charge in [-0.3, -0.25) is 9.78 Å². The van der Waals surface area contributed by atoms with E-state index in [4.69, 9.17) is 27.9 Å². The van der Waals surface area contributed by atoms with Crippen molar-refractivity contribution in [3.8, 4) is 5.75 Å². The van der Waals surface area contributed by atoms with Crippen LogP contribution in [-0.2, 0) is 11.4 Å². The van der Waals surface area contributed by atoms with Crippen LogP contribution in [0.4, 0.5) is 5.69 Å². The van der Waals surface area contributed by atoms with Crippen molar-refractivity contribution in [1.29, 1.82) is 0 Å². The number of nitrogens with zero attached hydrogens (tertiary/aromatic N) is 1. The number of rotatable bonds is 4. The van der Waals surface area contributed by atoms with Crippen molar-refractivity contribution < 1.29 is 9.53 Å². The molecule has 0 fully saturated rings. The van der Waals surface area contributed by atoms with E-state index in [-0.39, 0.29) is 16.0 Å². The summed E-state index contributed by atoms with van der Waals surface area (Å²) in [6, 6.07) is 7.01. The predicted molar refractivity (Wildman–Crippen MR) is 79.3 cm³/mol. The predicted octanol–water partition coefficient (Wildman–Crippen LogP) is 3.93. The zero-order valence-electron chi connectivity index (χ0n) is 10.7. The Hall–Kier alpha value is -1.78. The third-order valence-electron chi connectivity index (χ3n) is 2.50. The summed E-state index contributed by atoms with van der Waals surface area (Å²) in [5, 5.41) is 3.12. The highest BCUT2D eigenvalue weighted by molar-refractivity contribution is 6.44. The second-order valence-corrected chi connectivity index (χ2v) is 4.82. The van der Waals surface area contributed by atoms with E-state index < -0.39 is 0 Å². The largest absolute Gasteiger partial charge is 0.487 e. The minimum Gasteiger partial charge on any atom is -0.487 e. The van der Waals surface area contributed by atoms with Crippen LogP contribution in [0.3, 0.4) is 0 Å². The van der Waals surface area contributed by atoms with Gasteiger partial charge in [0.2, 0.25) is 5.91 Å². The molecule has 0 spiro atoms. The zero-order valence-corrected chi connectivity index (χ0v) is 12.2. The molecule has 104 valence electrons. The van der Waals surface area contributed by atoms with Gasteiger partial charge in [-0.25, -0.2) is 0 Å². The van der Waals surface area contributed by atoms with E-state index in [2.05, 4.69) is 10.3 Å². The molecule has 2 aromatic rings. The maximum Gasteiger partial charge on any atom is 0.221 e. The Morgan fingerprint density at radius 3 is 2.55 bits per heavy atom. The number of ether oxygens (including phenoxy) is 1. The van der Waals surface area contributed by atoms with E-state index >= 15 is 0 Å². The van der Waals surface area contributed by atoms with Crippen molar-refractivity contribution in [1.82, 2.24) is 4.98 Å². The molecule has 6 heteroatoms. The lowest BCUT2D eigenvalue weighted by molar-refractivity contribution is -0.114.